The molecule has 0 bridgehead atoms. The van der Waals surface area contributed by atoms with Crippen molar-refractivity contribution in [3.8, 4) is 0 Å². The fourth-order valence-corrected chi connectivity index (χ4v) is 2.18. The smallest absolute Gasteiger partial charge is 0.269 e. The van der Waals surface area contributed by atoms with Gasteiger partial charge in [0, 0.05) is 25.7 Å². The molecule has 0 fully saturated rings. The lowest BCUT2D eigenvalue weighted by molar-refractivity contribution is 0.0939. The van der Waals surface area contributed by atoms with Crippen LogP contribution in [-0.4, -0.2) is 28.1 Å². The van der Waals surface area contributed by atoms with Crippen molar-refractivity contribution in [1.82, 2.24) is 20.4 Å². The average Bonchev–Trinajstić information content (AvgIpc) is 2.84. The van der Waals surface area contributed by atoms with Crippen molar-refractivity contribution in [3.63, 3.8) is 0 Å². The van der Waals surface area contributed by atoms with Crippen LogP contribution in [0, 0.1) is 6.92 Å². The van der Waals surface area contributed by atoms with E-state index in [2.05, 4.69) is 15.7 Å². The van der Waals surface area contributed by atoms with E-state index in [-0.39, 0.29) is 11.8 Å². The van der Waals surface area contributed by atoms with E-state index < -0.39 is 0 Å². The second kappa shape index (κ2) is 6.89. The first-order chi connectivity index (χ1) is 10.5. The Kier molecular flexibility index (Phi) is 4.93. The Morgan fingerprint density at radius 3 is 2.59 bits per heavy atom. The minimum Gasteiger partial charge on any atom is -0.352 e. The third kappa shape index (κ3) is 3.72. The molecule has 0 saturated carbocycles. The second-order valence-electron chi connectivity index (χ2n) is 5.04. The predicted molar refractivity (Wildman–Crippen MR) is 83.6 cm³/mol. The predicted octanol–water partition coefficient (Wildman–Crippen LogP) is 1.41. The van der Waals surface area contributed by atoms with Crippen molar-refractivity contribution in [2.45, 2.75) is 20.4 Å². The van der Waals surface area contributed by atoms with Crippen molar-refractivity contribution in [2.24, 2.45) is 7.05 Å². The molecule has 2 amide bonds. The number of benzene rings is 1. The quantitative estimate of drug-likeness (QED) is 0.876. The molecule has 116 valence electrons. The van der Waals surface area contributed by atoms with Gasteiger partial charge in [-0.05, 0) is 37.6 Å². The van der Waals surface area contributed by atoms with E-state index in [0.29, 0.717) is 24.3 Å². The van der Waals surface area contributed by atoms with Crippen molar-refractivity contribution in [3.05, 3.63) is 52.8 Å². The first kappa shape index (κ1) is 15.8. The Hall–Kier alpha value is -2.63. The molecule has 0 spiro atoms. The van der Waals surface area contributed by atoms with Crippen molar-refractivity contribution >= 4 is 11.8 Å². The largest absolute Gasteiger partial charge is 0.352 e. The van der Waals surface area contributed by atoms with Gasteiger partial charge in [0.1, 0.15) is 5.69 Å². The Labute approximate surface area is 129 Å². The van der Waals surface area contributed by atoms with Gasteiger partial charge in [0.15, 0.2) is 0 Å². The zero-order valence-electron chi connectivity index (χ0n) is 13.0. The van der Waals surface area contributed by atoms with Crippen LogP contribution in [-0.2, 0) is 13.6 Å². The maximum atomic E-state index is 12.1. The molecule has 2 N–H and O–H groups in total. The molecule has 0 radical (unpaired) electrons. The molecular formula is C16H20N4O2. The molecule has 0 aliphatic heterocycles. The molecule has 6 heteroatoms. The van der Waals surface area contributed by atoms with E-state index in [0.717, 1.165) is 11.3 Å². The number of aromatic nitrogens is 2. The van der Waals surface area contributed by atoms with Gasteiger partial charge in [-0.2, -0.15) is 5.10 Å². The summed E-state index contributed by atoms with van der Waals surface area (Å²) in [6, 6.07) is 8.94. The van der Waals surface area contributed by atoms with Crippen LogP contribution in [0.5, 0.6) is 0 Å². The van der Waals surface area contributed by atoms with Crippen molar-refractivity contribution < 1.29 is 9.59 Å². The van der Waals surface area contributed by atoms with E-state index in [1.54, 1.807) is 36.0 Å². The van der Waals surface area contributed by atoms with Gasteiger partial charge in [0.2, 0.25) is 0 Å². The standard InChI is InChI=1S/C16H20N4O2/c1-4-17-15(21)13-7-5-6-12(9-13)10-18-16(22)14-8-11(2)19-20(14)3/h5-9H,4,10H2,1-3H3,(H,17,21)(H,18,22). The Balaban J connectivity index is 2.02. The lowest BCUT2D eigenvalue weighted by Gasteiger charge is -2.07. The van der Waals surface area contributed by atoms with Crippen LogP contribution in [0.1, 0.15) is 39.0 Å². The van der Waals surface area contributed by atoms with Gasteiger partial charge >= 0.3 is 0 Å². The second-order valence-corrected chi connectivity index (χ2v) is 5.04. The van der Waals surface area contributed by atoms with Gasteiger partial charge in [-0.15, -0.1) is 0 Å². The molecule has 6 nitrogen and oxygen atoms in total. The highest BCUT2D eigenvalue weighted by Gasteiger charge is 2.11. The third-order valence-electron chi connectivity index (χ3n) is 3.21. The average molecular weight is 300 g/mol. The number of nitrogens with one attached hydrogen (secondary N) is 2. The van der Waals surface area contributed by atoms with E-state index in [9.17, 15) is 9.59 Å². The summed E-state index contributed by atoms with van der Waals surface area (Å²) in [5.41, 5.74) is 2.77. The van der Waals surface area contributed by atoms with Crippen LogP contribution in [0.4, 0.5) is 0 Å². The summed E-state index contributed by atoms with van der Waals surface area (Å²) >= 11 is 0. The normalized spacial score (nSPS) is 10.3. The Bertz CT molecular complexity index is 691. The summed E-state index contributed by atoms with van der Waals surface area (Å²) in [6.45, 7) is 4.65. The summed E-state index contributed by atoms with van der Waals surface area (Å²) in [6.07, 6.45) is 0. The summed E-state index contributed by atoms with van der Waals surface area (Å²) in [5.74, 6) is -0.301. The topological polar surface area (TPSA) is 76.0 Å². The van der Waals surface area contributed by atoms with Gasteiger partial charge < -0.3 is 10.6 Å². The maximum Gasteiger partial charge on any atom is 0.269 e. The Morgan fingerprint density at radius 2 is 1.95 bits per heavy atom. The van der Waals surface area contributed by atoms with Gasteiger partial charge in [0.05, 0.1) is 5.69 Å². The fourth-order valence-electron chi connectivity index (χ4n) is 2.18. The number of rotatable bonds is 5. The van der Waals surface area contributed by atoms with Crippen LogP contribution in [0.25, 0.3) is 0 Å². The monoisotopic (exact) mass is 300 g/mol. The highest BCUT2D eigenvalue weighted by atomic mass is 16.2. The van der Waals surface area contributed by atoms with E-state index in [4.69, 9.17) is 0 Å². The molecule has 2 aromatic rings. The van der Waals surface area contributed by atoms with Crippen LogP contribution in [0.3, 0.4) is 0 Å². The lowest BCUT2D eigenvalue weighted by Crippen LogP contribution is -2.26. The van der Waals surface area contributed by atoms with Crippen LogP contribution in [0.2, 0.25) is 0 Å². The molecule has 1 aromatic carbocycles. The number of carbonyl (C=O) groups is 2. The van der Waals surface area contributed by atoms with Crippen LogP contribution >= 0.6 is 0 Å². The summed E-state index contributed by atoms with van der Waals surface area (Å²) in [4.78, 5) is 23.9. The number of hydrogen-bond acceptors (Lipinski definition) is 3. The summed E-state index contributed by atoms with van der Waals surface area (Å²) in [7, 11) is 1.73. The van der Waals surface area contributed by atoms with Gasteiger partial charge in [0.25, 0.3) is 11.8 Å². The first-order valence-electron chi connectivity index (χ1n) is 7.17. The number of amides is 2. The molecule has 0 aliphatic carbocycles. The molecule has 0 saturated heterocycles. The number of hydrogen-bond donors (Lipinski definition) is 2. The van der Waals surface area contributed by atoms with Gasteiger partial charge in [-0.1, -0.05) is 12.1 Å². The number of nitrogens with zero attached hydrogens (tertiary/aromatic N) is 2. The van der Waals surface area contributed by atoms with E-state index in [1.165, 1.54) is 0 Å². The third-order valence-corrected chi connectivity index (χ3v) is 3.21. The molecule has 0 atom stereocenters. The zero-order chi connectivity index (χ0) is 16.1. The van der Waals surface area contributed by atoms with Gasteiger partial charge in [-0.3, -0.25) is 14.3 Å². The lowest BCUT2D eigenvalue weighted by atomic mass is 10.1. The van der Waals surface area contributed by atoms with Crippen molar-refractivity contribution in [2.75, 3.05) is 6.54 Å². The molecular weight excluding hydrogens is 280 g/mol. The number of aryl methyl sites for hydroxylation is 2. The fraction of sp³-hybridized carbons (Fsp3) is 0.312. The molecule has 0 aliphatic rings. The molecule has 0 unspecified atom stereocenters. The maximum absolute atomic E-state index is 12.1. The van der Waals surface area contributed by atoms with Gasteiger partial charge in [-0.25, -0.2) is 0 Å². The SMILES string of the molecule is CCNC(=O)c1cccc(CNC(=O)c2cc(C)nn2C)c1. The molecule has 22 heavy (non-hydrogen) atoms. The summed E-state index contributed by atoms with van der Waals surface area (Å²) < 4.78 is 1.55. The van der Waals surface area contributed by atoms with E-state index >= 15 is 0 Å². The van der Waals surface area contributed by atoms with Crippen LogP contribution in [0.15, 0.2) is 30.3 Å². The number of carbonyl (C=O) groups excluding carboxylic acids is 2. The highest BCUT2D eigenvalue weighted by molar-refractivity contribution is 5.94. The van der Waals surface area contributed by atoms with Crippen LogP contribution < -0.4 is 10.6 Å². The van der Waals surface area contributed by atoms with E-state index in [1.807, 2.05) is 19.9 Å². The molecule has 1 heterocycles. The summed E-state index contributed by atoms with van der Waals surface area (Å²) in [5, 5.41) is 9.74. The zero-order valence-corrected chi connectivity index (χ0v) is 13.0. The first-order valence-corrected chi connectivity index (χ1v) is 7.17. The molecule has 1 aromatic heterocycles. The van der Waals surface area contributed by atoms with Crippen molar-refractivity contribution in [1.29, 1.82) is 0 Å². The minimum atomic E-state index is -0.188. The molecule has 2 rings (SSSR count). The minimum absolute atomic E-state index is 0.113. The highest BCUT2D eigenvalue weighted by Crippen LogP contribution is 2.06. The Morgan fingerprint density at radius 1 is 1.18 bits per heavy atom.